The van der Waals surface area contributed by atoms with E-state index in [0.29, 0.717) is 12.2 Å². The SMILES string of the molecule is Cc1cc(C)cc(NC(=O)COC(=O)C=Cc2cc(C)n(Cc3ccco3)c2C)c1. The molecule has 0 spiro atoms. The molecule has 0 unspecified atom stereocenters. The minimum Gasteiger partial charge on any atom is -0.467 e. The second kappa shape index (κ2) is 9.31. The fourth-order valence-corrected chi connectivity index (χ4v) is 3.38. The molecular formula is C24H26N2O4. The van der Waals surface area contributed by atoms with E-state index in [1.807, 2.05) is 64.1 Å². The van der Waals surface area contributed by atoms with Gasteiger partial charge in [-0.1, -0.05) is 6.07 Å². The van der Waals surface area contributed by atoms with Crippen molar-refractivity contribution in [3.05, 3.63) is 82.6 Å². The highest BCUT2D eigenvalue weighted by Crippen LogP contribution is 2.19. The summed E-state index contributed by atoms with van der Waals surface area (Å²) in [6.07, 6.45) is 4.69. The minimum atomic E-state index is -0.568. The van der Waals surface area contributed by atoms with Gasteiger partial charge in [0.15, 0.2) is 6.61 Å². The van der Waals surface area contributed by atoms with E-state index >= 15 is 0 Å². The lowest BCUT2D eigenvalue weighted by Gasteiger charge is -2.08. The maximum Gasteiger partial charge on any atom is 0.331 e. The molecule has 0 saturated heterocycles. The van der Waals surface area contributed by atoms with E-state index in [4.69, 9.17) is 9.15 Å². The van der Waals surface area contributed by atoms with Crippen LogP contribution in [-0.2, 0) is 20.9 Å². The molecule has 1 amide bonds. The normalized spacial score (nSPS) is 11.1. The second-order valence-corrected chi connectivity index (χ2v) is 7.36. The Kier molecular flexibility index (Phi) is 6.57. The van der Waals surface area contributed by atoms with Gasteiger partial charge in [0.2, 0.25) is 0 Å². The first-order valence-corrected chi connectivity index (χ1v) is 9.74. The predicted molar refractivity (Wildman–Crippen MR) is 116 cm³/mol. The molecule has 3 aromatic rings. The summed E-state index contributed by atoms with van der Waals surface area (Å²) in [5, 5.41) is 2.74. The molecular weight excluding hydrogens is 380 g/mol. The van der Waals surface area contributed by atoms with Gasteiger partial charge in [0, 0.05) is 23.2 Å². The van der Waals surface area contributed by atoms with Gasteiger partial charge in [0.05, 0.1) is 12.8 Å². The Balaban J connectivity index is 1.55. The molecule has 0 saturated carbocycles. The van der Waals surface area contributed by atoms with Gasteiger partial charge in [-0.25, -0.2) is 4.79 Å². The van der Waals surface area contributed by atoms with Crippen molar-refractivity contribution >= 4 is 23.6 Å². The fraction of sp³-hybridized carbons (Fsp3) is 0.250. The number of carbonyl (C=O) groups excluding carboxylic acids is 2. The van der Waals surface area contributed by atoms with Crippen LogP contribution in [0.1, 0.15) is 33.8 Å². The van der Waals surface area contributed by atoms with Crippen molar-refractivity contribution in [3.8, 4) is 0 Å². The van der Waals surface area contributed by atoms with Gasteiger partial charge in [-0.2, -0.15) is 0 Å². The average Bonchev–Trinajstić information content (AvgIpc) is 3.28. The zero-order valence-corrected chi connectivity index (χ0v) is 17.7. The van der Waals surface area contributed by atoms with E-state index in [9.17, 15) is 9.59 Å². The Hall–Kier alpha value is -3.54. The lowest BCUT2D eigenvalue weighted by Crippen LogP contribution is -2.20. The first-order chi connectivity index (χ1) is 14.3. The molecule has 156 valence electrons. The van der Waals surface area contributed by atoms with Crippen LogP contribution in [0.5, 0.6) is 0 Å². The molecule has 0 aliphatic rings. The van der Waals surface area contributed by atoms with Crippen LogP contribution in [0.25, 0.3) is 6.08 Å². The molecule has 0 fully saturated rings. The molecule has 0 atom stereocenters. The smallest absolute Gasteiger partial charge is 0.331 e. The Bertz CT molecular complexity index is 1050. The highest BCUT2D eigenvalue weighted by Gasteiger charge is 2.10. The average molecular weight is 406 g/mol. The monoisotopic (exact) mass is 406 g/mol. The molecule has 2 aromatic heterocycles. The minimum absolute atomic E-state index is 0.340. The van der Waals surface area contributed by atoms with E-state index in [0.717, 1.165) is 33.8 Å². The highest BCUT2D eigenvalue weighted by molar-refractivity contribution is 5.94. The van der Waals surface area contributed by atoms with E-state index in [2.05, 4.69) is 9.88 Å². The molecule has 2 heterocycles. The van der Waals surface area contributed by atoms with E-state index in [1.165, 1.54) is 6.08 Å². The number of anilines is 1. The lowest BCUT2D eigenvalue weighted by atomic mass is 10.1. The van der Waals surface area contributed by atoms with Crippen LogP contribution in [-0.4, -0.2) is 23.1 Å². The van der Waals surface area contributed by atoms with Crippen molar-refractivity contribution in [1.82, 2.24) is 4.57 Å². The molecule has 3 rings (SSSR count). The van der Waals surface area contributed by atoms with Crippen LogP contribution in [0.2, 0.25) is 0 Å². The van der Waals surface area contributed by atoms with Gasteiger partial charge in [0.25, 0.3) is 5.91 Å². The summed E-state index contributed by atoms with van der Waals surface area (Å²) in [7, 11) is 0. The van der Waals surface area contributed by atoms with Crippen LogP contribution >= 0.6 is 0 Å². The number of nitrogens with zero attached hydrogens (tertiary/aromatic N) is 1. The van der Waals surface area contributed by atoms with Crippen LogP contribution in [0.3, 0.4) is 0 Å². The Morgan fingerprint density at radius 3 is 2.50 bits per heavy atom. The summed E-state index contributed by atoms with van der Waals surface area (Å²) >= 11 is 0. The van der Waals surface area contributed by atoms with Crippen molar-refractivity contribution in [2.75, 3.05) is 11.9 Å². The Morgan fingerprint density at radius 2 is 1.83 bits per heavy atom. The molecule has 0 bridgehead atoms. The van der Waals surface area contributed by atoms with Gasteiger partial charge in [-0.05, 0) is 80.8 Å². The summed E-state index contributed by atoms with van der Waals surface area (Å²) in [6.45, 7) is 8.19. The zero-order valence-electron chi connectivity index (χ0n) is 17.7. The van der Waals surface area contributed by atoms with E-state index in [1.54, 1.807) is 12.3 Å². The number of esters is 1. The van der Waals surface area contributed by atoms with Crippen LogP contribution < -0.4 is 5.32 Å². The number of hydrogen-bond donors (Lipinski definition) is 1. The highest BCUT2D eigenvalue weighted by atomic mass is 16.5. The number of rotatable bonds is 7. The fourth-order valence-electron chi connectivity index (χ4n) is 3.38. The number of aryl methyl sites for hydroxylation is 3. The number of nitrogens with one attached hydrogen (secondary N) is 1. The predicted octanol–water partition coefficient (Wildman–Crippen LogP) is 4.56. The van der Waals surface area contributed by atoms with E-state index < -0.39 is 5.97 Å². The van der Waals surface area contributed by atoms with Crippen molar-refractivity contribution in [3.63, 3.8) is 0 Å². The van der Waals surface area contributed by atoms with Crippen molar-refractivity contribution in [2.24, 2.45) is 0 Å². The van der Waals surface area contributed by atoms with Gasteiger partial charge in [-0.3, -0.25) is 4.79 Å². The summed E-state index contributed by atoms with van der Waals surface area (Å²) in [4.78, 5) is 24.1. The number of amides is 1. The maximum absolute atomic E-state index is 12.0. The topological polar surface area (TPSA) is 73.5 Å². The molecule has 6 nitrogen and oxygen atoms in total. The van der Waals surface area contributed by atoms with Crippen molar-refractivity contribution in [2.45, 2.75) is 34.2 Å². The van der Waals surface area contributed by atoms with Crippen LogP contribution in [0.15, 0.2) is 53.2 Å². The number of ether oxygens (including phenoxy) is 1. The van der Waals surface area contributed by atoms with E-state index in [-0.39, 0.29) is 12.5 Å². The third kappa shape index (κ3) is 5.50. The largest absolute Gasteiger partial charge is 0.467 e. The lowest BCUT2D eigenvalue weighted by molar-refractivity contribution is -0.142. The van der Waals surface area contributed by atoms with Gasteiger partial charge >= 0.3 is 5.97 Å². The summed E-state index contributed by atoms with van der Waals surface area (Å²) in [6, 6.07) is 11.5. The number of hydrogen-bond acceptors (Lipinski definition) is 4. The molecule has 0 radical (unpaired) electrons. The number of carbonyl (C=O) groups is 2. The van der Waals surface area contributed by atoms with Crippen LogP contribution in [0, 0.1) is 27.7 Å². The first-order valence-electron chi connectivity index (χ1n) is 9.74. The molecule has 0 aliphatic carbocycles. The summed E-state index contributed by atoms with van der Waals surface area (Å²) < 4.78 is 12.6. The van der Waals surface area contributed by atoms with Crippen molar-refractivity contribution < 1.29 is 18.7 Å². The van der Waals surface area contributed by atoms with Crippen LogP contribution in [0.4, 0.5) is 5.69 Å². The third-order valence-electron chi connectivity index (χ3n) is 4.76. The standard InChI is InChI=1S/C24H26N2O4/c1-16-10-17(2)12-21(11-16)25-23(27)15-30-24(28)8-7-20-13-18(3)26(19(20)4)14-22-6-5-9-29-22/h5-13H,14-15H2,1-4H3,(H,25,27). The van der Waals surface area contributed by atoms with Gasteiger partial charge < -0.3 is 19.0 Å². The molecule has 0 aliphatic heterocycles. The zero-order chi connectivity index (χ0) is 21.7. The number of benzene rings is 1. The maximum atomic E-state index is 12.0. The summed E-state index contributed by atoms with van der Waals surface area (Å²) in [5.41, 5.74) is 5.78. The number of aromatic nitrogens is 1. The second-order valence-electron chi connectivity index (χ2n) is 7.36. The Morgan fingerprint density at radius 1 is 1.10 bits per heavy atom. The third-order valence-corrected chi connectivity index (χ3v) is 4.76. The van der Waals surface area contributed by atoms with Gasteiger partial charge in [0.1, 0.15) is 5.76 Å². The van der Waals surface area contributed by atoms with Crippen molar-refractivity contribution in [1.29, 1.82) is 0 Å². The van der Waals surface area contributed by atoms with Gasteiger partial charge in [-0.15, -0.1) is 0 Å². The Labute approximate surface area is 176 Å². The molecule has 6 heteroatoms. The molecule has 1 N–H and O–H groups in total. The quantitative estimate of drug-likeness (QED) is 0.461. The summed E-state index contributed by atoms with van der Waals surface area (Å²) in [5.74, 6) is -0.0821. The first kappa shape index (κ1) is 21.2. The number of furan rings is 1. The molecule has 30 heavy (non-hydrogen) atoms. The molecule has 1 aromatic carbocycles.